The predicted octanol–water partition coefficient (Wildman–Crippen LogP) is 3.61. The summed E-state index contributed by atoms with van der Waals surface area (Å²) in [6.45, 7) is 0.229. The fraction of sp³-hybridized carbons (Fsp3) is 0.174. The third kappa shape index (κ3) is 8.39. The first-order valence-corrected chi connectivity index (χ1v) is 10.7. The van der Waals surface area contributed by atoms with Gasteiger partial charge in [-0.15, -0.1) is 11.8 Å². The van der Waals surface area contributed by atoms with E-state index in [2.05, 4.69) is 15.8 Å². The molecule has 8 heteroatoms. The Hall–Kier alpha value is -3.52. The second-order valence-corrected chi connectivity index (χ2v) is 7.59. The van der Waals surface area contributed by atoms with E-state index in [1.165, 1.54) is 0 Å². The second-order valence-electron chi connectivity index (χ2n) is 6.42. The number of hydrazone groups is 1. The summed E-state index contributed by atoms with van der Waals surface area (Å²) in [7, 11) is 0. The van der Waals surface area contributed by atoms with Crippen molar-refractivity contribution in [1.82, 2.24) is 10.7 Å². The van der Waals surface area contributed by atoms with Crippen molar-refractivity contribution in [3.05, 3.63) is 84.3 Å². The molecule has 7 nitrogen and oxygen atoms in total. The van der Waals surface area contributed by atoms with E-state index in [0.29, 0.717) is 30.2 Å². The van der Waals surface area contributed by atoms with Crippen molar-refractivity contribution >= 4 is 29.8 Å². The summed E-state index contributed by atoms with van der Waals surface area (Å²) in [4.78, 5) is 24.8. The van der Waals surface area contributed by atoms with E-state index < -0.39 is 0 Å². The van der Waals surface area contributed by atoms with Gasteiger partial charge in [0.2, 0.25) is 5.91 Å². The fourth-order valence-corrected chi connectivity index (χ4v) is 3.33. The largest absolute Gasteiger partial charge is 0.484 e. The number of ether oxygens (including phenoxy) is 1. The highest BCUT2D eigenvalue weighted by Gasteiger charge is 2.04. The van der Waals surface area contributed by atoms with Crippen LogP contribution in [0.25, 0.3) is 0 Å². The number of furan rings is 1. The Morgan fingerprint density at radius 3 is 2.55 bits per heavy atom. The van der Waals surface area contributed by atoms with Crippen molar-refractivity contribution in [3.8, 4) is 5.75 Å². The van der Waals surface area contributed by atoms with Crippen molar-refractivity contribution < 1.29 is 18.7 Å². The van der Waals surface area contributed by atoms with Crippen molar-refractivity contribution in [2.24, 2.45) is 5.10 Å². The Kier molecular flexibility index (Phi) is 8.75. The number of amides is 2. The normalized spacial score (nSPS) is 10.7. The van der Waals surface area contributed by atoms with Gasteiger partial charge < -0.3 is 14.5 Å². The van der Waals surface area contributed by atoms with Crippen molar-refractivity contribution in [2.45, 2.75) is 17.9 Å². The Bertz CT molecular complexity index is 974. The lowest BCUT2D eigenvalue weighted by Gasteiger charge is -2.06. The minimum absolute atomic E-state index is 0.0921. The smallest absolute Gasteiger partial charge is 0.258 e. The highest BCUT2D eigenvalue weighted by Crippen LogP contribution is 2.17. The zero-order valence-electron chi connectivity index (χ0n) is 16.8. The zero-order valence-corrected chi connectivity index (χ0v) is 17.6. The van der Waals surface area contributed by atoms with Crippen LogP contribution in [0.5, 0.6) is 5.75 Å². The molecule has 2 amide bonds. The van der Waals surface area contributed by atoms with Crippen LogP contribution in [0.2, 0.25) is 0 Å². The lowest BCUT2D eigenvalue weighted by Crippen LogP contribution is -2.28. The molecule has 2 N–H and O–H groups in total. The maximum Gasteiger partial charge on any atom is 0.258 e. The van der Waals surface area contributed by atoms with Crippen LogP contribution in [0.15, 0.2) is 87.4 Å². The number of nitrogens with zero attached hydrogens (tertiary/aromatic N) is 1. The number of carbonyl (C=O) groups is 2. The summed E-state index contributed by atoms with van der Waals surface area (Å²) in [5, 5.41) is 6.68. The molecule has 2 aromatic carbocycles. The van der Waals surface area contributed by atoms with E-state index in [-0.39, 0.29) is 18.4 Å². The number of thioether (sulfide) groups is 1. The van der Waals surface area contributed by atoms with E-state index in [4.69, 9.17) is 9.15 Å². The highest BCUT2D eigenvalue weighted by molar-refractivity contribution is 7.99. The lowest BCUT2D eigenvalue weighted by molar-refractivity contribution is -0.123. The number of benzene rings is 2. The molecule has 0 fully saturated rings. The van der Waals surface area contributed by atoms with Gasteiger partial charge in [-0.25, -0.2) is 5.43 Å². The lowest BCUT2D eigenvalue weighted by atomic mass is 10.2. The number of nitrogens with one attached hydrogen (secondary N) is 2. The van der Waals surface area contributed by atoms with Gasteiger partial charge in [0.15, 0.2) is 6.61 Å². The molecule has 0 aliphatic heterocycles. The molecule has 1 heterocycles. The molecule has 0 atom stereocenters. The van der Waals surface area contributed by atoms with Crippen LogP contribution in [0.3, 0.4) is 0 Å². The molecule has 0 saturated carbocycles. The van der Waals surface area contributed by atoms with E-state index >= 15 is 0 Å². The third-order valence-corrected chi connectivity index (χ3v) is 5.05. The van der Waals surface area contributed by atoms with Crippen LogP contribution in [-0.2, 0) is 16.1 Å². The van der Waals surface area contributed by atoms with E-state index in [9.17, 15) is 9.59 Å². The standard InChI is InChI=1S/C23H23N3O4S/c27-22(12-14-31-21-6-2-1-3-7-21)26-25-15-18-8-10-19(11-9-18)30-17-23(28)24-16-20-5-4-13-29-20/h1-11,13,15H,12,14,16-17H2,(H,24,28)(H,26,27). The van der Waals surface area contributed by atoms with Gasteiger partial charge in [0.05, 0.1) is 19.0 Å². The molecule has 3 aromatic rings. The van der Waals surface area contributed by atoms with Crippen molar-refractivity contribution in [1.29, 1.82) is 0 Å². The minimum Gasteiger partial charge on any atom is -0.484 e. The van der Waals surface area contributed by atoms with Gasteiger partial charge in [0, 0.05) is 17.1 Å². The number of hydrogen-bond acceptors (Lipinski definition) is 6. The van der Waals surface area contributed by atoms with Crippen LogP contribution < -0.4 is 15.5 Å². The van der Waals surface area contributed by atoms with Crippen molar-refractivity contribution in [2.75, 3.05) is 12.4 Å². The number of carbonyl (C=O) groups excluding carboxylic acids is 2. The molecule has 0 aliphatic rings. The quantitative estimate of drug-likeness (QED) is 0.272. The fourth-order valence-electron chi connectivity index (χ4n) is 2.46. The van der Waals surface area contributed by atoms with Gasteiger partial charge in [-0.3, -0.25) is 9.59 Å². The summed E-state index contributed by atoms with van der Waals surface area (Å²) >= 11 is 1.63. The first-order valence-electron chi connectivity index (χ1n) is 9.71. The molecule has 3 rings (SSSR count). The molecular formula is C23H23N3O4S. The molecule has 160 valence electrons. The molecular weight excluding hydrogens is 414 g/mol. The first kappa shape index (κ1) is 22.2. The Balaban J connectivity index is 1.32. The van der Waals surface area contributed by atoms with Crippen LogP contribution >= 0.6 is 11.8 Å². The zero-order chi connectivity index (χ0) is 21.7. The maximum atomic E-state index is 11.9. The second kappa shape index (κ2) is 12.2. The van der Waals surface area contributed by atoms with Gasteiger partial charge in [0.25, 0.3) is 5.91 Å². The third-order valence-electron chi connectivity index (χ3n) is 4.03. The number of rotatable bonds is 11. The predicted molar refractivity (Wildman–Crippen MR) is 120 cm³/mol. The van der Waals surface area contributed by atoms with E-state index in [0.717, 1.165) is 10.5 Å². The van der Waals surface area contributed by atoms with Gasteiger partial charge >= 0.3 is 0 Å². The summed E-state index contributed by atoms with van der Waals surface area (Å²) in [5.74, 6) is 1.55. The summed E-state index contributed by atoms with van der Waals surface area (Å²) < 4.78 is 10.6. The van der Waals surface area contributed by atoms with E-state index in [1.807, 2.05) is 30.3 Å². The minimum atomic E-state index is -0.241. The molecule has 0 radical (unpaired) electrons. The molecule has 0 saturated heterocycles. The molecule has 0 spiro atoms. The van der Waals surface area contributed by atoms with Crippen LogP contribution in [-0.4, -0.2) is 30.4 Å². The van der Waals surface area contributed by atoms with Gasteiger partial charge in [-0.05, 0) is 54.1 Å². The SMILES string of the molecule is O=C(COc1ccc(C=NNC(=O)CCSc2ccccc2)cc1)NCc1ccco1. The van der Waals surface area contributed by atoms with Gasteiger partial charge in [-0.2, -0.15) is 5.10 Å². The summed E-state index contributed by atoms with van der Waals surface area (Å²) in [6, 6.07) is 20.5. The van der Waals surface area contributed by atoms with Crippen LogP contribution in [0, 0.1) is 0 Å². The van der Waals surface area contributed by atoms with Crippen LogP contribution in [0.1, 0.15) is 17.7 Å². The molecule has 31 heavy (non-hydrogen) atoms. The number of hydrogen-bond donors (Lipinski definition) is 2. The van der Waals surface area contributed by atoms with Gasteiger partial charge in [0.1, 0.15) is 11.5 Å². The van der Waals surface area contributed by atoms with Crippen molar-refractivity contribution in [3.63, 3.8) is 0 Å². The van der Waals surface area contributed by atoms with Gasteiger partial charge in [-0.1, -0.05) is 18.2 Å². The average Bonchev–Trinajstić information content (AvgIpc) is 3.32. The Morgan fingerprint density at radius 2 is 1.81 bits per heavy atom. The average molecular weight is 438 g/mol. The van der Waals surface area contributed by atoms with Crippen LogP contribution in [0.4, 0.5) is 0 Å². The summed E-state index contributed by atoms with van der Waals surface area (Å²) in [5.41, 5.74) is 3.32. The maximum absolute atomic E-state index is 11.9. The van der Waals surface area contributed by atoms with E-state index in [1.54, 1.807) is 60.6 Å². The summed E-state index contributed by atoms with van der Waals surface area (Å²) in [6.07, 6.45) is 3.49. The monoisotopic (exact) mass is 437 g/mol. The highest BCUT2D eigenvalue weighted by atomic mass is 32.2. The molecule has 0 aliphatic carbocycles. The topological polar surface area (TPSA) is 92.9 Å². The Morgan fingerprint density at radius 1 is 1.00 bits per heavy atom. The Labute approximate surface area is 184 Å². The molecule has 1 aromatic heterocycles. The first-order chi connectivity index (χ1) is 15.2. The molecule has 0 bridgehead atoms. The molecule has 0 unspecified atom stereocenters.